The largest absolute Gasteiger partial charge is 0.0850 e. The molecule has 0 amide bonds. The first-order valence-electron chi connectivity index (χ1n) is 6.08. The Morgan fingerprint density at radius 3 is 3.00 bits per heavy atom. The number of hydrogen-bond acceptors (Lipinski definition) is 0. The van der Waals surface area contributed by atoms with Crippen molar-refractivity contribution in [1.29, 1.82) is 0 Å². The third-order valence-corrected chi connectivity index (χ3v) is 4.14. The molecule has 15 heavy (non-hydrogen) atoms. The van der Waals surface area contributed by atoms with Gasteiger partial charge in [0.05, 0.1) is 0 Å². The summed E-state index contributed by atoms with van der Waals surface area (Å²) in [5.74, 6) is 1.73. The molecule has 0 heterocycles. The molecule has 0 aliphatic heterocycles. The summed E-state index contributed by atoms with van der Waals surface area (Å²) in [5, 5.41) is 0. The zero-order valence-electron chi connectivity index (χ0n) is 9.37. The van der Waals surface area contributed by atoms with E-state index in [1.165, 1.54) is 25.7 Å². The number of rotatable bonds is 0. The summed E-state index contributed by atoms with van der Waals surface area (Å²) in [6, 6.07) is 9.04. The van der Waals surface area contributed by atoms with E-state index in [-0.39, 0.29) is 0 Å². The van der Waals surface area contributed by atoms with Gasteiger partial charge in [-0.3, -0.25) is 0 Å². The third-order valence-electron chi connectivity index (χ3n) is 4.14. The highest BCUT2D eigenvalue weighted by Crippen LogP contribution is 2.44. The molecule has 0 N–H and O–H groups in total. The summed E-state index contributed by atoms with van der Waals surface area (Å²) in [7, 11) is 0. The Morgan fingerprint density at radius 1 is 1.20 bits per heavy atom. The van der Waals surface area contributed by atoms with Crippen molar-refractivity contribution >= 4 is 0 Å². The lowest BCUT2D eigenvalue weighted by Gasteiger charge is -2.16. The van der Waals surface area contributed by atoms with Crippen molar-refractivity contribution < 1.29 is 0 Å². The van der Waals surface area contributed by atoms with E-state index >= 15 is 0 Å². The molecule has 0 nitrogen and oxygen atoms in total. The summed E-state index contributed by atoms with van der Waals surface area (Å²) in [6.07, 6.45) is 7.76. The Bertz CT molecular complexity index is 400. The SMILES string of the molecule is CC1=CC[C@@H]2c3ccccc3C[C@@H]2CC1. The second-order valence-corrected chi connectivity index (χ2v) is 5.09. The molecule has 0 heteroatoms. The smallest absolute Gasteiger partial charge is 0.00929 e. The molecule has 2 atom stereocenters. The highest BCUT2D eigenvalue weighted by molar-refractivity contribution is 5.37. The predicted molar refractivity (Wildman–Crippen MR) is 64.0 cm³/mol. The van der Waals surface area contributed by atoms with E-state index < -0.39 is 0 Å². The van der Waals surface area contributed by atoms with Gasteiger partial charge in [-0.25, -0.2) is 0 Å². The minimum atomic E-state index is 0.818. The standard InChI is InChI=1S/C15H18/c1-11-6-8-13-10-12-4-2-3-5-14(12)15(13)9-7-11/h2-5,7,13,15H,6,8-10H2,1H3/t13-,15-/m0/s1. The fourth-order valence-electron chi connectivity index (χ4n) is 3.23. The van der Waals surface area contributed by atoms with Gasteiger partial charge < -0.3 is 0 Å². The van der Waals surface area contributed by atoms with Gasteiger partial charge in [0.15, 0.2) is 0 Å². The van der Waals surface area contributed by atoms with E-state index in [1.54, 1.807) is 16.7 Å². The molecule has 0 unspecified atom stereocenters. The number of benzene rings is 1. The quantitative estimate of drug-likeness (QED) is 0.551. The van der Waals surface area contributed by atoms with E-state index in [1.807, 2.05) is 0 Å². The van der Waals surface area contributed by atoms with Gasteiger partial charge in [-0.1, -0.05) is 35.9 Å². The average Bonchev–Trinajstić information content (AvgIpc) is 2.51. The first kappa shape index (κ1) is 9.21. The molecule has 1 aromatic rings. The third kappa shape index (κ3) is 1.52. The van der Waals surface area contributed by atoms with Crippen LogP contribution >= 0.6 is 0 Å². The minimum Gasteiger partial charge on any atom is -0.0850 e. The molecule has 0 bridgehead atoms. The van der Waals surface area contributed by atoms with Crippen molar-refractivity contribution in [3.05, 3.63) is 47.0 Å². The Kier molecular flexibility index (Phi) is 2.16. The summed E-state index contributed by atoms with van der Waals surface area (Å²) >= 11 is 0. The van der Waals surface area contributed by atoms with Gasteiger partial charge in [0, 0.05) is 0 Å². The van der Waals surface area contributed by atoms with Crippen LogP contribution in [0, 0.1) is 5.92 Å². The molecule has 1 aromatic carbocycles. The van der Waals surface area contributed by atoms with E-state index in [4.69, 9.17) is 0 Å². The first-order chi connectivity index (χ1) is 7.34. The van der Waals surface area contributed by atoms with Crippen molar-refractivity contribution in [2.24, 2.45) is 5.92 Å². The molecule has 0 fully saturated rings. The summed E-state index contributed by atoms with van der Waals surface area (Å²) in [6.45, 7) is 2.28. The first-order valence-corrected chi connectivity index (χ1v) is 6.08. The average molecular weight is 198 g/mol. The molecule has 0 spiro atoms. The molecule has 3 rings (SSSR count). The predicted octanol–water partition coefficient (Wildman–Crippen LogP) is 4.07. The van der Waals surface area contributed by atoms with Crippen LogP contribution in [-0.4, -0.2) is 0 Å². The van der Waals surface area contributed by atoms with Gasteiger partial charge in [0.25, 0.3) is 0 Å². The fourth-order valence-corrected chi connectivity index (χ4v) is 3.23. The molecule has 0 saturated heterocycles. The molecule has 78 valence electrons. The topological polar surface area (TPSA) is 0 Å². The highest BCUT2D eigenvalue weighted by Gasteiger charge is 2.31. The van der Waals surface area contributed by atoms with E-state index in [0.717, 1.165) is 11.8 Å². The van der Waals surface area contributed by atoms with Gasteiger partial charge in [-0.2, -0.15) is 0 Å². The Morgan fingerprint density at radius 2 is 2.07 bits per heavy atom. The van der Waals surface area contributed by atoms with Crippen LogP contribution in [-0.2, 0) is 6.42 Å². The van der Waals surface area contributed by atoms with Crippen LogP contribution in [0.3, 0.4) is 0 Å². The Balaban J connectivity index is 1.97. The molecule has 0 radical (unpaired) electrons. The van der Waals surface area contributed by atoms with Crippen LogP contribution in [0.4, 0.5) is 0 Å². The summed E-state index contributed by atoms with van der Waals surface area (Å²) in [5.41, 5.74) is 4.84. The van der Waals surface area contributed by atoms with E-state index in [2.05, 4.69) is 37.3 Å². The van der Waals surface area contributed by atoms with Crippen LogP contribution in [0.1, 0.15) is 43.2 Å². The lowest BCUT2D eigenvalue weighted by Crippen LogP contribution is -2.05. The van der Waals surface area contributed by atoms with Crippen LogP contribution < -0.4 is 0 Å². The maximum atomic E-state index is 2.47. The summed E-state index contributed by atoms with van der Waals surface area (Å²) < 4.78 is 0. The molecule has 2 aliphatic carbocycles. The van der Waals surface area contributed by atoms with Crippen LogP contribution in [0.15, 0.2) is 35.9 Å². The van der Waals surface area contributed by atoms with Crippen molar-refractivity contribution in [3.63, 3.8) is 0 Å². The highest BCUT2D eigenvalue weighted by atomic mass is 14.4. The van der Waals surface area contributed by atoms with Gasteiger partial charge in [0.1, 0.15) is 0 Å². The van der Waals surface area contributed by atoms with Crippen LogP contribution in [0.2, 0.25) is 0 Å². The lowest BCUT2D eigenvalue weighted by molar-refractivity contribution is 0.438. The van der Waals surface area contributed by atoms with Gasteiger partial charge in [-0.05, 0) is 55.6 Å². The molecular formula is C15H18. The molecule has 0 saturated carbocycles. The zero-order valence-corrected chi connectivity index (χ0v) is 9.37. The normalized spacial score (nSPS) is 29.0. The van der Waals surface area contributed by atoms with Gasteiger partial charge in [-0.15, -0.1) is 0 Å². The van der Waals surface area contributed by atoms with E-state index in [0.29, 0.717) is 0 Å². The maximum absolute atomic E-state index is 2.47. The zero-order chi connectivity index (χ0) is 10.3. The number of hydrogen-bond donors (Lipinski definition) is 0. The number of allylic oxidation sites excluding steroid dienone is 2. The Hall–Kier alpha value is -1.04. The van der Waals surface area contributed by atoms with Gasteiger partial charge >= 0.3 is 0 Å². The van der Waals surface area contributed by atoms with Crippen molar-refractivity contribution in [2.45, 2.75) is 38.5 Å². The molecule has 0 aromatic heterocycles. The van der Waals surface area contributed by atoms with Crippen LogP contribution in [0.5, 0.6) is 0 Å². The maximum Gasteiger partial charge on any atom is -0.00929 e. The second kappa shape index (κ2) is 3.52. The monoisotopic (exact) mass is 198 g/mol. The molecule has 2 aliphatic rings. The minimum absolute atomic E-state index is 0.818. The second-order valence-electron chi connectivity index (χ2n) is 5.09. The van der Waals surface area contributed by atoms with Gasteiger partial charge in [0.2, 0.25) is 0 Å². The summed E-state index contributed by atoms with van der Waals surface area (Å²) in [4.78, 5) is 0. The number of fused-ring (bicyclic) bond motifs is 3. The fraction of sp³-hybridized carbons (Fsp3) is 0.467. The lowest BCUT2D eigenvalue weighted by atomic mass is 9.88. The van der Waals surface area contributed by atoms with Crippen LogP contribution in [0.25, 0.3) is 0 Å². The molecular weight excluding hydrogens is 180 g/mol. The van der Waals surface area contributed by atoms with Crippen molar-refractivity contribution in [2.75, 3.05) is 0 Å². The van der Waals surface area contributed by atoms with Crippen molar-refractivity contribution in [3.8, 4) is 0 Å². The van der Waals surface area contributed by atoms with E-state index in [9.17, 15) is 0 Å². The van der Waals surface area contributed by atoms with Crippen molar-refractivity contribution in [1.82, 2.24) is 0 Å². The Labute approximate surface area is 92.0 Å².